The van der Waals surface area contributed by atoms with E-state index in [-0.39, 0.29) is 19.1 Å². The van der Waals surface area contributed by atoms with Gasteiger partial charge in [0.1, 0.15) is 0 Å². The number of ether oxygens (including phenoxy) is 2. The van der Waals surface area contributed by atoms with Gasteiger partial charge in [0.15, 0.2) is 11.5 Å². The van der Waals surface area contributed by atoms with Crippen molar-refractivity contribution in [2.24, 2.45) is 0 Å². The fourth-order valence-corrected chi connectivity index (χ4v) is 3.59. The van der Waals surface area contributed by atoms with Crippen LogP contribution >= 0.6 is 22.9 Å². The summed E-state index contributed by atoms with van der Waals surface area (Å²) in [7, 11) is 0. The van der Waals surface area contributed by atoms with Crippen LogP contribution in [0.4, 0.5) is 5.00 Å². The summed E-state index contributed by atoms with van der Waals surface area (Å²) in [5.41, 5.74) is 2.81. The Morgan fingerprint density at radius 3 is 2.72 bits per heavy atom. The van der Waals surface area contributed by atoms with Crippen LogP contribution in [-0.4, -0.2) is 17.7 Å². The average Bonchev–Trinajstić information content (AvgIpc) is 3.25. The lowest BCUT2D eigenvalue weighted by Crippen LogP contribution is -2.13. The van der Waals surface area contributed by atoms with Crippen molar-refractivity contribution in [1.82, 2.24) is 4.98 Å². The maximum Gasteiger partial charge on any atom is 0.231 e. The summed E-state index contributed by atoms with van der Waals surface area (Å²) >= 11 is 7.70. The van der Waals surface area contributed by atoms with Gasteiger partial charge in [0, 0.05) is 28.9 Å². The van der Waals surface area contributed by atoms with E-state index >= 15 is 0 Å². The number of nitrogens with zero attached hydrogens (tertiary/aromatic N) is 1. The molecular weight excluding hydrogens is 360 g/mol. The number of carbonyl (C=O) groups excluding carboxylic acids is 1. The minimum absolute atomic E-state index is 0.135. The number of fused-ring (bicyclic) bond motifs is 1. The molecule has 1 aromatic carbocycles. The number of hydrogen-bond acceptors (Lipinski definition) is 5. The number of hydrogen-bond donors (Lipinski definition) is 1. The number of nitrogens with one attached hydrogen (secondary N) is 1. The third-order valence-electron chi connectivity index (χ3n) is 3.77. The minimum atomic E-state index is -0.135. The number of halogens is 1. The van der Waals surface area contributed by atoms with E-state index in [1.165, 1.54) is 11.3 Å². The summed E-state index contributed by atoms with van der Waals surface area (Å²) in [5, 5.41) is 6.18. The largest absolute Gasteiger partial charge is 0.454 e. The van der Waals surface area contributed by atoms with Crippen LogP contribution in [0.15, 0.2) is 48.1 Å². The quantitative estimate of drug-likeness (QED) is 0.738. The molecule has 3 heterocycles. The molecule has 1 aliphatic heterocycles. The standard InChI is InChI=1S/C18H13ClN2O3S/c19-14-8-16-15(23-10-24-16)5-12(14)6-17(22)21-18-7-13(9-25-18)11-1-3-20-4-2-11/h1-5,7-9H,6,10H2,(H,21,22). The summed E-state index contributed by atoms with van der Waals surface area (Å²) in [6.45, 7) is 0.175. The molecule has 2 aromatic heterocycles. The lowest BCUT2D eigenvalue weighted by Gasteiger charge is -2.06. The normalized spacial score (nSPS) is 12.2. The number of benzene rings is 1. The number of carbonyl (C=O) groups is 1. The third-order valence-corrected chi connectivity index (χ3v) is 4.97. The predicted octanol–water partition coefficient (Wildman–Crippen LogP) is 4.37. The van der Waals surface area contributed by atoms with Crippen molar-refractivity contribution in [1.29, 1.82) is 0 Å². The molecule has 0 spiro atoms. The highest BCUT2D eigenvalue weighted by atomic mass is 35.5. The van der Waals surface area contributed by atoms with Gasteiger partial charge in [0.2, 0.25) is 12.7 Å². The van der Waals surface area contributed by atoms with Gasteiger partial charge >= 0.3 is 0 Å². The molecule has 25 heavy (non-hydrogen) atoms. The van der Waals surface area contributed by atoms with Gasteiger partial charge in [0.25, 0.3) is 0 Å². The average molecular weight is 373 g/mol. The van der Waals surface area contributed by atoms with Crippen LogP contribution in [0.3, 0.4) is 0 Å². The van der Waals surface area contributed by atoms with Gasteiger partial charge in [-0.3, -0.25) is 9.78 Å². The zero-order valence-corrected chi connectivity index (χ0v) is 14.6. The van der Waals surface area contributed by atoms with Gasteiger partial charge in [-0.2, -0.15) is 0 Å². The first kappa shape index (κ1) is 15.9. The number of aromatic nitrogens is 1. The summed E-state index contributed by atoms with van der Waals surface area (Å²) in [6, 6.07) is 9.24. The smallest absolute Gasteiger partial charge is 0.231 e. The molecule has 1 N–H and O–H groups in total. The molecule has 0 atom stereocenters. The fraction of sp³-hybridized carbons (Fsp3) is 0.111. The van der Waals surface area contributed by atoms with Gasteiger partial charge in [0.05, 0.1) is 11.4 Å². The Morgan fingerprint density at radius 1 is 1.16 bits per heavy atom. The zero-order chi connectivity index (χ0) is 17.2. The first-order valence-corrected chi connectivity index (χ1v) is 8.81. The Kier molecular flexibility index (Phi) is 4.29. The van der Waals surface area contributed by atoms with Crippen LogP contribution in [-0.2, 0) is 11.2 Å². The first-order valence-electron chi connectivity index (χ1n) is 7.56. The number of thiophene rings is 1. The monoisotopic (exact) mass is 372 g/mol. The Balaban J connectivity index is 1.46. The van der Waals surface area contributed by atoms with Crippen molar-refractivity contribution in [3.05, 3.63) is 58.7 Å². The van der Waals surface area contributed by atoms with Crippen LogP contribution in [0.5, 0.6) is 11.5 Å². The van der Waals surface area contributed by atoms with Crippen LogP contribution < -0.4 is 14.8 Å². The first-order chi connectivity index (χ1) is 12.2. The van der Waals surface area contributed by atoms with Gasteiger partial charge in [-0.15, -0.1) is 11.3 Å². The second-order valence-corrected chi connectivity index (χ2v) is 6.78. The molecule has 126 valence electrons. The van der Waals surface area contributed by atoms with Crippen molar-refractivity contribution in [3.8, 4) is 22.6 Å². The van der Waals surface area contributed by atoms with Gasteiger partial charge in [-0.1, -0.05) is 11.6 Å². The van der Waals surface area contributed by atoms with E-state index < -0.39 is 0 Å². The van der Waals surface area contributed by atoms with Gasteiger partial charge in [-0.25, -0.2) is 0 Å². The van der Waals surface area contributed by atoms with Gasteiger partial charge < -0.3 is 14.8 Å². The number of anilines is 1. The van der Waals surface area contributed by atoms with E-state index in [9.17, 15) is 4.79 Å². The SMILES string of the molecule is O=C(Cc1cc2c(cc1Cl)OCO2)Nc1cc(-c2ccncc2)cs1. The summed E-state index contributed by atoms with van der Waals surface area (Å²) in [5.74, 6) is 1.08. The third kappa shape index (κ3) is 3.45. The fourth-order valence-electron chi connectivity index (χ4n) is 2.55. The molecule has 0 bridgehead atoms. The number of amides is 1. The Morgan fingerprint density at radius 2 is 1.92 bits per heavy atom. The van der Waals surface area contributed by atoms with Crippen LogP contribution in [0.25, 0.3) is 11.1 Å². The topological polar surface area (TPSA) is 60.5 Å². The maximum absolute atomic E-state index is 12.3. The minimum Gasteiger partial charge on any atom is -0.454 e. The van der Waals surface area contributed by atoms with Crippen molar-refractivity contribution in [2.45, 2.75) is 6.42 Å². The molecule has 0 saturated carbocycles. The molecular formula is C18H13ClN2O3S. The van der Waals surface area contributed by atoms with E-state index in [0.717, 1.165) is 16.1 Å². The van der Waals surface area contributed by atoms with Crippen LogP contribution in [0, 0.1) is 0 Å². The molecule has 1 aliphatic rings. The molecule has 0 radical (unpaired) electrons. The van der Waals surface area contributed by atoms with E-state index in [4.69, 9.17) is 21.1 Å². The molecule has 5 nitrogen and oxygen atoms in total. The Labute approximate surface area is 153 Å². The Hall–Kier alpha value is -2.57. The maximum atomic E-state index is 12.3. The highest BCUT2D eigenvalue weighted by Gasteiger charge is 2.18. The second kappa shape index (κ2) is 6.74. The van der Waals surface area contributed by atoms with E-state index in [1.807, 2.05) is 23.6 Å². The summed E-state index contributed by atoms with van der Waals surface area (Å²) in [4.78, 5) is 16.3. The molecule has 1 amide bonds. The van der Waals surface area contributed by atoms with Crippen molar-refractivity contribution in [2.75, 3.05) is 12.1 Å². The molecule has 4 rings (SSSR count). The molecule has 0 fully saturated rings. The molecule has 0 unspecified atom stereocenters. The predicted molar refractivity (Wildman–Crippen MR) is 97.5 cm³/mol. The van der Waals surface area contributed by atoms with Crippen molar-refractivity contribution in [3.63, 3.8) is 0 Å². The molecule has 0 saturated heterocycles. The molecule has 3 aromatic rings. The van der Waals surface area contributed by atoms with Crippen molar-refractivity contribution < 1.29 is 14.3 Å². The highest BCUT2D eigenvalue weighted by molar-refractivity contribution is 7.14. The van der Waals surface area contributed by atoms with E-state index in [1.54, 1.807) is 24.5 Å². The van der Waals surface area contributed by atoms with E-state index in [2.05, 4.69) is 10.3 Å². The lowest BCUT2D eigenvalue weighted by atomic mass is 10.1. The van der Waals surface area contributed by atoms with Gasteiger partial charge in [-0.05, 0) is 41.0 Å². The lowest BCUT2D eigenvalue weighted by molar-refractivity contribution is -0.115. The number of rotatable bonds is 4. The van der Waals surface area contributed by atoms with E-state index in [0.29, 0.717) is 22.1 Å². The Bertz CT molecular complexity index is 927. The zero-order valence-electron chi connectivity index (χ0n) is 13.0. The highest BCUT2D eigenvalue weighted by Crippen LogP contribution is 2.37. The van der Waals surface area contributed by atoms with Crippen LogP contribution in [0.2, 0.25) is 5.02 Å². The van der Waals surface area contributed by atoms with Crippen molar-refractivity contribution >= 4 is 33.8 Å². The van der Waals surface area contributed by atoms with Crippen LogP contribution in [0.1, 0.15) is 5.56 Å². The number of pyridine rings is 1. The summed E-state index contributed by atoms with van der Waals surface area (Å²) < 4.78 is 10.6. The second-order valence-electron chi connectivity index (χ2n) is 5.46. The summed E-state index contributed by atoms with van der Waals surface area (Å²) in [6.07, 6.45) is 3.65. The molecule has 0 aliphatic carbocycles. The molecule has 7 heteroatoms.